The van der Waals surface area contributed by atoms with Crippen molar-refractivity contribution >= 4 is 34.2 Å². The third kappa shape index (κ3) is 4.84. The van der Waals surface area contributed by atoms with Crippen LogP contribution in [0.3, 0.4) is 0 Å². The first-order valence-electron chi connectivity index (χ1n) is 12.1. The standard InChI is InChI=1S/C26H25ClN6O4/c27-20-7-5-19(6-8-20)26(11-1-2-12-26)25(35)28-13-14-32-23-22(15-30-32)24(34)31(17-29-23)16-18-3-9-21(10-4-18)33(36)37/h3-10,15,17H,1-2,11-14,16H2,(H,28,35). The third-order valence-corrected chi connectivity index (χ3v) is 7.27. The Morgan fingerprint density at radius 2 is 1.81 bits per heavy atom. The fourth-order valence-corrected chi connectivity index (χ4v) is 5.16. The van der Waals surface area contributed by atoms with Gasteiger partial charge in [0.1, 0.15) is 11.7 Å². The highest BCUT2D eigenvalue weighted by atomic mass is 35.5. The van der Waals surface area contributed by atoms with E-state index in [1.807, 2.05) is 24.3 Å². The van der Waals surface area contributed by atoms with Gasteiger partial charge in [-0.2, -0.15) is 5.10 Å². The lowest BCUT2D eigenvalue weighted by molar-refractivity contribution is -0.384. The van der Waals surface area contributed by atoms with Gasteiger partial charge in [0.2, 0.25) is 5.91 Å². The van der Waals surface area contributed by atoms with Gasteiger partial charge in [-0.15, -0.1) is 0 Å². The molecule has 190 valence electrons. The van der Waals surface area contributed by atoms with Gasteiger partial charge in [-0.25, -0.2) is 9.67 Å². The molecule has 0 aliphatic heterocycles. The number of hydrogen-bond donors (Lipinski definition) is 1. The van der Waals surface area contributed by atoms with Gasteiger partial charge in [-0.1, -0.05) is 48.7 Å². The topological polar surface area (TPSA) is 125 Å². The smallest absolute Gasteiger partial charge is 0.269 e. The predicted octanol–water partition coefficient (Wildman–Crippen LogP) is 3.83. The minimum atomic E-state index is -0.555. The molecule has 1 aliphatic carbocycles. The van der Waals surface area contributed by atoms with Gasteiger partial charge in [-0.05, 0) is 36.1 Å². The lowest BCUT2D eigenvalue weighted by Crippen LogP contribution is -2.43. The molecule has 0 unspecified atom stereocenters. The SMILES string of the molecule is O=C(NCCn1ncc2c(=O)n(Cc3ccc([N+](=O)[O-])cc3)cnc21)C1(c2ccc(Cl)cc2)CCCC1. The molecule has 10 nitrogen and oxygen atoms in total. The summed E-state index contributed by atoms with van der Waals surface area (Å²) in [6.07, 6.45) is 6.50. The van der Waals surface area contributed by atoms with E-state index >= 15 is 0 Å². The second kappa shape index (κ2) is 10.1. The minimum Gasteiger partial charge on any atom is -0.353 e. The van der Waals surface area contributed by atoms with Gasteiger partial charge < -0.3 is 5.32 Å². The molecule has 1 fully saturated rings. The second-order valence-corrected chi connectivity index (χ2v) is 9.69. The van der Waals surface area contributed by atoms with Crippen molar-refractivity contribution in [2.45, 2.75) is 44.2 Å². The Morgan fingerprint density at radius 3 is 2.49 bits per heavy atom. The first-order valence-corrected chi connectivity index (χ1v) is 12.4. The highest BCUT2D eigenvalue weighted by molar-refractivity contribution is 6.30. The molecular formula is C26H25ClN6O4. The van der Waals surface area contributed by atoms with Gasteiger partial charge in [0, 0.05) is 23.7 Å². The first kappa shape index (κ1) is 24.6. The summed E-state index contributed by atoms with van der Waals surface area (Å²) in [5.41, 5.74) is 1.33. The van der Waals surface area contributed by atoms with Gasteiger partial charge in [0.15, 0.2) is 5.65 Å². The van der Waals surface area contributed by atoms with Crippen LogP contribution in [0.5, 0.6) is 0 Å². The zero-order valence-electron chi connectivity index (χ0n) is 20.0. The van der Waals surface area contributed by atoms with Gasteiger partial charge in [0.05, 0.1) is 29.6 Å². The maximum Gasteiger partial charge on any atom is 0.269 e. The molecule has 2 heterocycles. The van der Waals surface area contributed by atoms with Gasteiger partial charge in [0.25, 0.3) is 11.2 Å². The van der Waals surface area contributed by atoms with Crippen molar-refractivity contribution in [3.63, 3.8) is 0 Å². The van der Waals surface area contributed by atoms with Crippen LogP contribution in [0.4, 0.5) is 5.69 Å². The van der Waals surface area contributed by atoms with Crippen LogP contribution in [0.15, 0.2) is 65.8 Å². The number of fused-ring (bicyclic) bond motifs is 1. The maximum absolute atomic E-state index is 13.3. The minimum absolute atomic E-state index is 0.00920. The van der Waals surface area contributed by atoms with Crippen LogP contribution in [0.25, 0.3) is 11.0 Å². The summed E-state index contributed by atoms with van der Waals surface area (Å²) in [6, 6.07) is 13.5. The van der Waals surface area contributed by atoms with Crippen molar-refractivity contribution in [1.82, 2.24) is 24.6 Å². The molecule has 0 radical (unpaired) electrons. The lowest BCUT2D eigenvalue weighted by Gasteiger charge is -2.28. The number of nitro groups is 1. The Labute approximate surface area is 217 Å². The summed E-state index contributed by atoms with van der Waals surface area (Å²) in [7, 11) is 0. The molecule has 1 amide bonds. The van der Waals surface area contributed by atoms with Gasteiger partial charge in [-0.3, -0.25) is 24.3 Å². The zero-order valence-corrected chi connectivity index (χ0v) is 20.7. The number of carbonyl (C=O) groups excluding carboxylic acids is 1. The Balaban J connectivity index is 1.27. The van der Waals surface area contributed by atoms with E-state index in [1.54, 1.807) is 16.8 Å². The summed E-state index contributed by atoms with van der Waals surface area (Å²) < 4.78 is 3.05. The number of benzene rings is 2. The van der Waals surface area contributed by atoms with Crippen molar-refractivity contribution in [3.8, 4) is 0 Å². The van der Waals surface area contributed by atoms with E-state index in [9.17, 15) is 19.7 Å². The number of rotatable bonds is 8. The quantitative estimate of drug-likeness (QED) is 0.278. The molecule has 0 atom stereocenters. The normalized spacial score (nSPS) is 14.6. The summed E-state index contributed by atoms with van der Waals surface area (Å²) in [6.45, 7) is 0.942. The molecule has 2 aromatic heterocycles. The van der Waals surface area contributed by atoms with Crippen LogP contribution in [-0.4, -0.2) is 36.7 Å². The first-order chi connectivity index (χ1) is 17.9. The van der Waals surface area contributed by atoms with Crippen molar-refractivity contribution < 1.29 is 9.72 Å². The van der Waals surface area contributed by atoms with E-state index in [0.717, 1.165) is 36.8 Å². The largest absolute Gasteiger partial charge is 0.353 e. The van der Waals surface area contributed by atoms with E-state index in [-0.39, 0.29) is 23.7 Å². The Hall–Kier alpha value is -4.05. The predicted molar refractivity (Wildman–Crippen MR) is 139 cm³/mol. The van der Waals surface area contributed by atoms with Gasteiger partial charge >= 0.3 is 0 Å². The Bertz CT molecular complexity index is 1510. The maximum atomic E-state index is 13.3. The van der Waals surface area contributed by atoms with Crippen molar-refractivity contribution in [1.29, 1.82) is 0 Å². The van der Waals surface area contributed by atoms with Crippen LogP contribution in [0.2, 0.25) is 5.02 Å². The molecular weight excluding hydrogens is 496 g/mol. The van der Waals surface area contributed by atoms with Crippen LogP contribution in [0, 0.1) is 10.1 Å². The monoisotopic (exact) mass is 520 g/mol. The van der Waals surface area contributed by atoms with E-state index in [0.29, 0.717) is 29.1 Å². The van der Waals surface area contributed by atoms with Crippen molar-refractivity contribution in [2.75, 3.05) is 6.54 Å². The third-order valence-electron chi connectivity index (χ3n) is 7.02. The summed E-state index contributed by atoms with van der Waals surface area (Å²) in [4.78, 5) is 41.1. The number of nitro benzene ring substituents is 1. The molecule has 0 spiro atoms. The zero-order chi connectivity index (χ0) is 26.0. The average Bonchev–Trinajstić information content (AvgIpc) is 3.55. The average molecular weight is 521 g/mol. The lowest BCUT2D eigenvalue weighted by atomic mass is 9.78. The Morgan fingerprint density at radius 1 is 1.11 bits per heavy atom. The molecule has 0 bridgehead atoms. The Kier molecular flexibility index (Phi) is 6.75. The molecule has 1 saturated carbocycles. The molecule has 0 saturated heterocycles. The summed E-state index contributed by atoms with van der Waals surface area (Å²) in [5, 5.41) is 19.2. The summed E-state index contributed by atoms with van der Waals surface area (Å²) >= 11 is 6.05. The van der Waals surface area contributed by atoms with Crippen molar-refractivity contribution in [2.24, 2.45) is 0 Å². The number of non-ortho nitro benzene ring substituents is 1. The molecule has 2 aromatic carbocycles. The number of aromatic nitrogens is 4. The van der Waals surface area contributed by atoms with E-state index in [1.165, 1.54) is 29.2 Å². The molecule has 1 aliphatic rings. The fourth-order valence-electron chi connectivity index (χ4n) is 5.03. The number of nitrogens with zero attached hydrogens (tertiary/aromatic N) is 5. The highest BCUT2D eigenvalue weighted by Crippen LogP contribution is 2.41. The van der Waals surface area contributed by atoms with E-state index in [2.05, 4.69) is 15.4 Å². The number of amides is 1. The van der Waals surface area contributed by atoms with Crippen LogP contribution < -0.4 is 10.9 Å². The molecule has 4 aromatic rings. The number of halogens is 1. The molecule has 1 N–H and O–H groups in total. The van der Waals surface area contributed by atoms with E-state index in [4.69, 9.17) is 11.6 Å². The number of nitrogens with one attached hydrogen (secondary N) is 1. The number of hydrogen-bond acceptors (Lipinski definition) is 6. The van der Waals surface area contributed by atoms with Crippen molar-refractivity contribution in [3.05, 3.63) is 97.7 Å². The molecule has 11 heteroatoms. The number of carbonyl (C=O) groups is 1. The molecule has 37 heavy (non-hydrogen) atoms. The summed E-state index contributed by atoms with van der Waals surface area (Å²) in [5.74, 6) is -0.0119. The highest BCUT2D eigenvalue weighted by Gasteiger charge is 2.42. The molecule has 5 rings (SSSR count). The van der Waals surface area contributed by atoms with Crippen LogP contribution >= 0.6 is 11.6 Å². The van der Waals surface area contributed by atoms with Crippen LogP contribution in [-0.2, 0) is 23.3 Å². The second-order valence-electron chi connectivity index (χ2n) is 9.26. The van der Waals surface area contributed by atoms with E-state index < -0.39 is 10.3 Å². The fraction of sp³-hybridized carbons (Fsp3) is 0.308. The van der Waals surface area contributed by atoms with Crippen LogP contribution in [0.1, 0.15) is 36.8 Å².